The highest BCUT2D eigenvalue weighted by Gasteiger charge is 2.29. The summed E-state index contributed by atoms with van der Waals surface area (Å²) in [4.78, 5) is 22.2. The van der Waals surface area contributed by atoms with Gasteiger partial charge in [0.05, 0.1) is 16.9 Å². The van der Waals surface area contributed by atoms with E-state index in [0.717, 1.165) is 22.2 Å². The summed E-state index contributed by atoms with van der Waals surface area (Å²) < 4.78 is 0. The van der Waals surface area contributed by atoms with Crippen LogP contribution in [-0.2, 0) is 9.63 Å². The summed E-state index contributed by atoms with van der Waals surface area (Å²) in [5, 5.41) is 8.49. The van der Waals surface area contributed by atoms with E-state index in [9.17, 15) is 4.79 Å². The Morgan fingerprint density at radius 2 is 1.96 bits per heavy atom. The second-order valence-electron chi connectivity index (χ2n) is 5.71. The van der Waals surface area contributed by atoms with Crippen LogP contribution in [0.25, 0.3) is 10.9 Å². The number of aromatic nitrogens is 1. The minimum Gasteiger partial charge on any atom is -0.382 e. The molecule has 2 aromatic carbocycles. The van der Waals surface area contributed by atoms with Crippen LogP contribution in [0.2, 0.25) is 5.02 Å². The first-order chi connectivity index (χ1) is 12.2. The van der Waals surface area contributed by atoms with Crippen molar-refractivity contribution in [2.24, 2.45) is 5.16 Å². The summed E-state index contributed by atoms with van der Waals surface area (Å²) >= 11 is 5.90. The van der Waals surface area contributed by atoms with Crippen LogP contribution in [0.1, 0.15) is 12.0 Å². The summed E-state index contributed by atoms with van der Waals surface area (Å²) in [6.07, 6.45) is 1.48. The van der Waals surface area contributed by atoms with Gasteiger partial charge in [-0.25, -0.2) is 0 Å². The zero-order valence-electron chi connectivity index (χ0n) is 13.1. The van der Waals surface area contributed by atoms with E-state index in [1.54, 1.807) is 18.3 Å². The number of hydrogen-bond donors (Lipinski definition) is 1. The van der Waals surface area contributed by atoms with Crippen molar-refractivity contribution in [3.05, 3.63) is 71.4 Å². The molecular formula is C19H14ClN3O2. The topological polar surface area (TPSA) is 63.6 Å². The number of carbonyl (C=O) groups excluding carboxylic acids is 1. The smallest absolute Gasteiger partial charge is 0.268 e. The number of halogens is 1. The molecule has 25 heavy (non-hydrogen) atoms. The van der Waals surface area contributed by atoms with Gasteiger partial charge < -0.3 is 10.2 Å². The Labute approximate surface area is 149 Å². The van der Waals surface area contributed by atoms with Crippen molar-refractivity contribution in [2.45, 2.75) is 12.5 Å². The molecule has 6 heteroatoms. The second kappa shape index (κ2) is 6.53. The Morgan fingerprint density at radius 1 is 1.12 bits per heavy atom. The summed E-state index contributed by atoms with van der Waals surface area (Å²) in [6, 6.07) is 16.7. The van der Waals surface area contributed by atoms with E-state index in [1.807, 2.05) is 42.5 Å². The molecule has 1 aliphatic heterocycles. The maximum Gasteiger partial charge on any atom is 0.268 e. The molecule has 5 nitrogen and oxygen atoms in total. The van der Waals surface area contributed by atoms with Crippen LogP contribution in [0.5, 0.6) is 0 Å². The Hall–Kier alpha value is -2.92. The number of pyridine rings is 1. The third-order valence-electron chi connectivity index (χ3n) is 4.04. The number of rotatable bonds is 3. The van der Waals surface area contributed by atoms with E-state index < -0.39 is 6.10 Å². The van der Waals surface area contributed by atoms with E-state index >= 15 is 0 Å². The number of nitrogens with zero attached hydrogens (tertiary/aromatic N) is 2. The number of amides is 1. The monoisotopic (exact) mass is 351 g/mol. The average molecular weight is 352 g/mol. The molecule has 0 fully saturated rings. The fourth-order valence-electron chi connectivity index (χ4n) is 2.76. The minimum absolute atomic E-state index is 0.232. The largest absolute Gasteiger partial charge is 0.382 e. The Kier molecular flexibility index (Phi) is 4.07. The van der Waals surface area contributed by atoms with Crippen molar-refractivity contribution < 1.29 is 9.63 Å². The van der Waals surface area contributed by atoms with Gasteiger partial charge in [-0.05, 0) is 42.0 Å². The molecular weight excluding hydrogens is 338 g/mol. The second-order valence-corrected chi connectivity index (χ2v) is 6.14. The van der Waals surface area contributed by atoms with Gasteiger partial charge in [-0.1, -0.05) is 35.0 Å². The Balaban J connectivity index is 1.48. The SMILES string of the molecule is O=C(Nc1cccc2ncccc12)C1CC(c2ccc(Cl)cc2)=NO1. The van der Waals surface area contributed by atoms with Crippen molar-refractivity contribution in [2.75, 3.05) is 5.32 Å². The van der Waals surface area contributed by atoms with Crippen molar-refractivity contribution in [3.63, 3.8) is 0 Å². The zero-order valence-corrected chi connectivity index (χ0v) is 13.9. The lowest BCUT2D eigenvalue weighted by Crippen LogP contribution is -2.28. The predicted octanol–water partition coefficient (Wildman–Crippen LogP) is 4.02. The van der Waals surface area contributed by atoms with E-state index in [0.29, 0.717) is 17.1 Å². The van der Waals surface area contributed by atoms with Gasteiger partial charge in [0.25, 0.3) is 5.91 Å². The summed E-state index contributed by atoms with van der Waals surface area (Å²) in [7, 11) is 0. The lowest BCUT2D eigenvalue weighted by atomic mass is 10.0. The molecule has 3 aromatic rings. The van der Waals surface area contributed by atoms with Crippen molar-refractivity contribution >= 4 is 39.8 Å². The number of anilines is 1. The number of nitrogens with one attached hydrogen (secondary N) is 1. The lowest BCUT2D eigenvalue weighted by Gasteiger charge is -2.11. The van der Waals surface area contributed by atoms with Crippen molar-refractivity contribution in [1.82, 2.24) is 4.98 Å². The van der Waals surface area contributed by atoms with Crippen LogP contribution in [0.15, 0.2) is 65.9 Å². The molecule has 0 saturated carbocycles. The Bertz CT molecular complexity index is 965. The van der Waals surface area contributed by atoms with E-state index in [2.05, 4.69) is 15.5 Å². The van der Waals surface area contributed by atoms with Crippen LogP contribution in [0.3, 0.4) is 0 Å². The summed E-state index contributed by atoms with van der Waals surface area (Å²) in [6.45, 7) is 0. The quantitative estimate of drug-likeness (QED) is 0.775. The minimum atomic E-state index is -0.655. The molecule has 1 N–H and O–H groups in total. The molecule has 0 spiro atoms. The van der Waals surface area contributed by atoms with Crippen LogP contribution in [-0.4, -0.2) is 22.7 Å². The molecule has 1 amide bonds. The first kappa shape index (κ1) is 15.6. The van der Waals surface area contributed by atoms with Crippen molar-refractivity contribution in [1.29, 1.82) is 0 Å². The van der Waals surface area contributed by atoms with Gasteiger partial charge in [0.1, 0.15) is 0 Å². The number of benzene rings is 2. The molecule has 1 aliphatic rings. The van der Waals surface area contributed by atoms with Crippen LogP contribution < -0.4 is 5.32 Å². The first-order valence-corrected chi connectivity index (χ1v) is 8.22. The molecule has 2 heterocycles. The highest BCUT2D eigenvalue weighted by molar-refractivity contribution is 6.30. The van der Waals surface area contributed by atoms with Crippen LogP contribution in [0.4, 0.5) is 5.69 Å². The molecule has 0 radical (unpaired) electrons. The fourth-order valence-corrected chi connectivity index (χ4v) is 2.88. The highest BCUT2D eigenvalue weighted by Crippen LogP contribution is 2.24. The summed E-state index contributed by atoms with van der Waals surface area (Å²) in [5.41, 5.74) is 3.16. The molecule has 0 aliphatic carbocycles. The van der Waals surface area contributed by atoms with Gasteiger partial charge in [-0.3, -0.25) is 9.78 Å². The van der Waals surface area contributed by atoms with Crippen molar-refractivity contribution in [3.8, 4) is 0 Å². The average Bonchev–Trinajstić information content (AvgIpc) is 3.13. The van der Waals surface area contributed by atoms with Gasteiger partial charge >= 0.3 is 0 Å². The van der Waals surface area contributed by atoms with Crippen LogP contribution in [0, 0.1) is 0 Å². The normalized spacial score (nSPS) is 16.4. The van der Waals surface area contributed by atoms with Gasteiger partial charge in [0.15, 0.2) is 0 Å². The number of fused-ring (bicyclic) bond motifs is 1. The zero-order chi connectivity index (χ0) is 17.2. The molecule has 0 bridgehead atoms. The number of oxime groups is 1. The lowest BCUT2D eigenvalue weighted by molar-refractivity contribution is -0.125. The highest BCUT2D eigenvalue weighted by atomic mass is 35.5. The third-order valence-corrected chi connectivity index (χ3v) is 4.29. The number of carbonyl (C=O) groups is 1. The summed E-state index contributed by atoms with van der Waals surface area (Å²) in [5.74, 6) is -0.232. The molecule has 1 atom stereocenters. The molecule has 4 rings (SSSR count). The van der Waals surface area contributed by atoms with E-state index in [1.165, 1.54) is 0 Å². The molecule has 1 aromatic heterocycles. The number of hydrogen-bond acceptors (Lipinski definition) is 4. The van der Waals surface area contributed by atoms with Gasteiger partial charge in [0, 0.05) is 23.0 Å². The standard InChI is InChI=1S/C19H14ClN3O2/c20-13-8-6-12(7-9-13)17-11-18(25-23-17)19(24)22-16-5-1-4-15-14(16)3-2-10-21-15/h1-10,18H,11H2,(H,22,24). The first-order valence-electron chi connectivity index (χ1n) is 7.84. The molecule has 0 saturated heterocycles. The molecule has 1 unspecified atom stereocenters. The van der Waals surface area contributed by atoms with Crippen LogP contribution >= 0.6 is 11.6 Å². The van der Waals surface area contributed by atoms with Gasteiger partial charge in [0.2, 0.25) is 6.10 Å². The Morgan fingerprint density at radius 3 is 2.80 bits per heavy atom. The van der Waals surface area contributed by atoms with E-state index in [-0.39, 0.29) is 5.91 Å². The third kappa shape index (κ3) is 3.19. The van der Waals surface area contributed by atoms with E-state index in [4.69, 9.17) is 16.4 Å². The molecule has 124 valence electrons. The van der Waals surface area contributed by atoms with Gasteiger partial charge in [-0.15, -0.1) is 0 Å². The fraction of sp³-hybridized carbons (Fsp3) is 0.105. The predicted molar refractivity (Wildman–Crippen MR) is 97.9 cm³/mol. The maximum absolute atomic E-state index is 12.5. The van der Waals surface area contributed by atoms with Gasteiger partial charge in [-0.2, -0.15) is 0 Å². The maximum atomic E-state index is 12.5.